The zero-order chi connectivity index (χ0) is 14.6. The van der Waals surface area contributed by atoms with E-state index in [9.17, 15) is 0 Å². The Labute approximate surface area is 115 Å². The number of nitrogens with two attached hydrogens (primary N) is 1. The van der Waals surface area contributed by atoms with Crippen LogP contribution in [0.3, 0.4) is 0 Å². The Morgan fingerprint density at radius 3 is 1.89 bits per heavy atom. The van der Waals surface area contributed by atoms with Gasteiger partial charge in [-0.25, -0.2) is 0 Å². The maximum atomic E-state index is 6.04. The summed E-state index contributed by atoms with van der Waals surface area (Å²) in [5, 5.41) is 0. The van der Waals surface area contributed by atoms with E-state index in [0.29, 0.717) is 5.41 Å². The molecule has 0 amide bonds. The maximum absolute atomic E-state index is 6.04. The van der Waals surface area contributed by atoms with Gasteiger partial charge in [0.25, 0.3) is 0 Å². The van der Waals surface area contributed by atoms with Gasteiger partial charge >= 0.3 is 0 Å². The zero-order valence-electron chi connectivity index (χ0n) is 13.9. The van der Waals surface area contributed by atoms with Crippen LogP contribution in [0.25, 0.3) is 0 Å². The van der Waals surface area contributed by atoms with E-state index in [0.717, 1.165) is 25.4 Å². The molecule has 110 valence electrons. The topological polar surface area (TPSA) is 35.2 Å². The molecule has 0 fully saturated rings. The lowest BCUT2D eigenvalue weighted by molar-refractivity contribution is -0.0531. The summed E-state index contributed by atoms with van der Waals surface area (Å²) in [4.78, 5) is 0. The van der Waals surface area contributed by atoms with Gasteiger partial charge in [-0.1, -0.05) is 27.7 Å². The third-order valence-corrected chi connectivity index (χ3v) is 3.10. The Hall–Kier alpha value is -0.0800. The summed E-state index contributed by atoms with van der Waals surface area (Å²) in [6.45, 7) is 18.5. The highest BCUT2D eigenvalue weighted by atomic mass is 16.5. The number of hydrogen-bond acceptors (Lipinski definition) is 2. The van der Waals surface area contributed by atoms with Gasteiger partial charge in [0.05, 0.1) is 5.60 Å². The Morgan fingerprint density at radius 2 is 1.50 bits per heavy atom. The van der Waals surface area contributed by atoms with Crippen LogP contribution < -0.4 is 5.73 Å². The molecule has 0 aliphatic carbocycles. The highest BCUT2D eigenvalue weighted by molar-refractivity contribution is 4.81. The summed E-state index contributed by atoms with van der Waals surface area (Å²) in [5.41, 5.74) is 6.11. The maximum Gasteiger partial charge on any atom is 0.0631 e. The van der Waals surface area contributed by atoms with Crippen molar-refractivity contribution in [3.05, 3.63) is 0 Å². The summed E-state index contributed by atoms with van der Waals surface area (Å²) in [6.07, 6.45) is 3.23. The first kappa shape index (κ1) is 17.9. The molecule has 18 heavy (non-hydrogen) atoms. The van der Waals surface area contributed by atoms with E-state index in [1.54, 1.807) is 0 Å². The van der Waals surface area contributed by atoms with E-state index in [1.807, 2.05) is 13.8 Å². The van der Waals surface area contributed by atoms with E-state index in [4.69, 9.17) is 10.5 Å². The van der Waals surface area contributed by atoms with Crippen LogP contribution in [-0.4, -0.2) is 17.7 Å². The lowest BCUT2D eigenvalue weighted by Gasteiger charge is -2.36. The van der Waals surface area contributed by atoms with Gasteiger partial charge < -0.3 is 10.5 Å². The third kappa shape index (κ3) is 9.90. The van der Waals surface area contributed by atoms with Crippen molar-refractivity contribution in [1.29, 1.82) is 0 Å². The molecule has 0 heterocycles. The van der Waals surface area contributed by atoms with E-state index in [1.165, 1.54) is 6.42 Å². The molecule has 0 unspecified atom stereocenters. The number of ether oxygens (including phenoxy) is 1. The molecule has 0 saturated heterocycles. The minimum atomic E-state index is -0.135. The van der Waals surface area contributed by atoms with Crippen molar-refractivity contribution in [2.24, 2.45) is 17.1 Å². The van der Waals surface area contributed by atoms with Crippen molar-refractivity contribution in [1.82, 2.24) is 0 Å². The average Bonchev–Trinajstić information content (AvgIpc) is 1.93. The van der Waals surface area contributed by atoms with Gasteiger partial charge in [-0.05, 0) is 58.3 Å². The molecule has 0 saturated carbocycles. The van der Waals surface area contributed by atoms with Crippen molar-refractivity contribution in [3.63, 3.8) is 0 Å². The Bertz CT molecular complexity index is 236. The standard InChI is InChI=1S/C16H35NO/c1-13(2)11-14(3,4)12-16(7,8)18-10-9-15(5,6)17/h13H,9-12,17H2,1-8H3. The Balaban J connectivity index is 4.21. The molecule has 2 N–H and O–H groups in total. The quantitative estimate of drug-likeness (QED) is 0.700. The minimum absolute atomic E-state index is 0.0658. The van der Waals surface area contributed by atoms with Crippen LogP contribution in [0.15, 0.2) is 0 Å². The lowest BCUT2D eigenvalue weighted by atomic mass is 9.76. The largest absolute Gasteiger partial charge is 0.375 e. The van der Waals surface area contributed by atoms with Crippen LogP contribution >= 0.6 is 0 Å². The summed E-state index contributed by atoms with van der Waals surface area (Å²) in [6, 6.07) is 0. The Kier molecular flexibility index (Phi) is 6.35. The fourth-order valence-corrected chi connectivity index (χ4v) is 2.97. The van der Waals surface area contributed by atoms with Crippen molar-refractivity contribution < 1.29 is 4.74 Å². The van der Waals surface area contributed by atoms with E-state index >= 15 is 0 Å². The van der Waals surface area contributed by atoms with Gasteiger partial charge in [-0.3, -0.25) is 0 Å². The van der Waals surface area contributed by atoms with Crippen LogP contribution in [0.2, 0.25) is 0 Å². The second-order valence-corrected chi connectivity index (χ2v) is 8.29. The first-order valence-corrected chi connectivity index (χ1v) is 7.26. The summed E-state index contributed by atoms with van der Waals surface area (Å²) in [5.74, 6) is 0.735. The van der Waals surface area contributed by atoms with Crippen molar-refractivity contribution in [2.45, 2.75) is 85.8 Å². The molecular weight excluding hydrogens is 222 g/mol. The van der Waals surface area contributed by atoms with Crippen LogP contribution in [-0.2, 0) is 4.74 Å². The average molecular weight is 257 g/mol. The highest BCUT2D eigenvalue weighted by Gasteiger charge is 2.30. The van der Waals surface area contributed by atoms with Crippen molar-refractivity contribution in [3.8, 4) is 0 Å². The molecule has 0 radical (unpaired) electrons. The molecule has 0 bridgehead atoms. The summed E-state index contributed by atoms with van der Waals surface area (Å²) < 4.78 is 6.04. The van der Waals surface area contributed by atoms with Gasteiger partial charge in [0.15, 0.2) is 0 Å². The first-order chi connectivity index (χ1) is 7.83. The second kappa shape index (κ2) is 6.38. The van der Waals surface area contributed by atoms with Gasteiger partial charge in [0.1, 0.15) is 0 Å². The molecule has 0 aromatic carbocycles. The predicted octanol–water partition coefficient (Wildman–Crippen LogP) is 4.37. The molecule has 0 aliphatic rings. The molecule has 0 aromatic heterocycles. The fourth-order valence-electron chi connectivity index (χ4n) is 2.97. The molecule has 0 aliphatic heterocycles. The zero-order valence-corrected chi connectivity index (χ0v) is 13.9. The first-order valence-electron chi connectivity index (χ1n) is 7.26. The highest BCUT2D eigenvalue weighted by Crippen LogP contribution is 2.35. The van der Waals surface area contributed by atoms with Crippen molar-refractivity contribution in [2.75, 3.05) is 6.61 Å². The Morgan fingerprint density at radius 1 is 1.00 bits per heavy atom. The molecule has 2 heteroatoms. The van der Waals surface area contributed by atoms with Crippen LogP contribution in [0, 0.1) is 11.3 Å². The molecule has 0 spiro atoms. The van der Waals surface area contributed by atoms with E-state index in [-0.39, 0.29) is 11.1 Å². The van der Waals surface area contributed by atoms with Gasteiger partial charge in [0, 0.05) is 12.1 Å². The van der Waals surface area contributed by atoms with Crippen molar-refractivity contribution >= 4 is 0 Å². The van der Waals surface area contributed by atoms with Gasteiger partial charge in [-0.15, -0.1) is 0 Å². The van der Waals surface area contributed by atoms with Crippen LogP contribution in [0.1, 0.15) is 74.7 Å². The summed E-state index contributed by atoms with van der Waals surface area (Å²) >= 11 is 0. The summed E-state index contributed by atoms with van der Waals surface area (Å²) in [7, 11) is 0. The monoisotopic (exact) mass is 257 g/mol. The predicted molar refractivity (Wildman–Crippen MR) is 80.8 cm³/mol. The molecule has 2 nitrogen and oxygen atoms in total. The second-order valence-electron chi connectivity index (χ2n) is 8.29. The van der Waals surface area contributed by atoms with Gasteiger partial charge in [-0.2, -0.15) is 0 Å². The molecule has 0 aromatic rings. The van der Waals surface area contributed by atoms with E-state index in [2.05, 4.69) is 41.5 Å². The smallest absolute Gasteiger partial charge is 0.0631 e. The number of rotatable bonds is 8. The SMILES string of the molecule is CC(C)CC(C)(C)CC(C)(C)OCCC(C)(C)N. The fraction of sp³-hybridized carbons (Fsp3) is 1.00. The molecule has 0 atom stereocenters. The normalized spacial score (nSPS) is 14.3. The lowest BCUT2D eigenvalue weighted by Crippen LogP contribution is -2.37. The van der Waals surface area contributed by atoms with Crippen LogP contribution in [0.5, 0.6) is 0 Å². The van der Waals surface area contributed by atoms with Gasteiger partial charge in [0.2, 0.25) is 0 Å². The third-order valence-electron chi connectivity index (χ3n) is 3.10. The minimum Gasteiger partial charge on any atom is -0.375 e. The number of hydrogen-bond donors (Lipinski definition) is 1. The van der Waals surface area contributed by atoms with Crippen LogP contribution in [0.4, 0.5) is 0 Å². The van der Waals surface area contributed by atoms with E-state index < -0.39 is 0 Å². The molecular formula is C16H35NO. The molecule has 0 rings (SSSR count).